The van der Waals surface area contributed by atoms with E-state index in [0.717, 1.165) is 6.07 Å². The van der Waals surface area contributed by atoms with Gasteiger partial charge in [-0.15, -0.1) is 0 Å². The first-order valence-electron chi connectivity index (χ1n) is 5.62. The van der Waals surface area contributed by atoms with Crippen molar-refractivity contribution in [2.75, 3.05) is 25.0 Å². The number of nitro benzene ring substituents is 1. The van der Waals surface area contributed by atoms with Crippen LogP contribution in [0.5, 0.6) is 0 Å². The zero-order valence-corrected chi connectivity index (χ0v) is 10.8. The summed E-state index contributed by atoms with van der Waals surface area (Å²) in [6.45, 7) is 4.86. The molecular formula is C12H18FN3O2. The molecule has 2 N–H and O–H groups in total. The molecule has 0 aliphatic carbocycles. The molecule has 0 heterocycles. The molecule has 18 heavy (non-hydrogen) atoms. The molecule has 1 aromatic carbocycles. The minimum absolute atomic E-state index is 0.105. The summed E-state index contributed by atoms with van der Waals surface area (Å²) in [7, 11) is 1.69. The Morgan fingerprint density at radius 1 is 1.50 bits per heavy atom. The van der Waals surface area contributed by atoms with Gasteiger partial charge in [0.25, 0.3) is 5.69 Å². The predicted molar refractivity (Wildman–Crippen MR) is 69.2 cm³/mol. The molecule has 100 valence electrons. The van der Waals surface area contributed by atoms with Crippen LogP contribution < -0.4 is 10.6 Å². The van der Waals surface area contributed by atoms with Gasteiger partial charge in [-0.25, -0.2) is 4.39 Å². The number of nitrogens with zero attached hydrogens (tertiary/aromatic N) is 2. The summed E-state index contributed by atoms with van der Waals surface area (Å²) in [4.78, 5) is 12.1. The number of rotatable bonds is 5. The normalized spacial score (nSPS) is 11.4. The minimum atomic E-state index is -0.513. The monoisotopic (exact) mass is 255 g/mol. The third-order valence-electron chi connectivity index (χ3n) is 2.76. The van der Waals surface area contributed by atoms with Gasteiger partial charge in [0.05, 0.1) is 4.92 Å². The standard InChI is InChI=1S/C12H18FN3O2/c1-12(2,7-14)8-15(3)11-6-9(13)4-5-10(11)16(17)18/h4-6H,7-8,14H2,1-3H3. The molecule has 1 rings (SSSR count). The van der Waals surface area contributed by atoms with E-state index in [-0.39, 0.29) is 16.8 Å². The van der Waals surface area contributed by atoms with Crippen LogP contribution in [0.1, 0.15) is 13.8 Å². The number of nitro groups is 1. The number of halogens is 1. The lowest BCUT2D eigenvalue weighted by Crippen LogP contribution is -2.37. The van der Waals surface area contributed by atoms with E-state index in [1.54, 1.807) is 11.9 Å². The summed E-state index contributed by atoms with van der Waals surface area (Å²) < 4.78 is 13.2. The minimum Gasteiger partial charge on any atom is -0.368 e. The SMILES string of the molecule is CN(CC(C)(C)CN)c1cc(F)ccc1[N+](=O)[O-]. The van der Waals surface area contributed by atoms with Crippen molar-refractivity contribution in [2.24, 2.45) is 11.1 Å². The molecule has 0 saturated carbocycles. The van der Waals surface area contributed by atoms with Gasteiger partial charge in [-0.3, -0.25) is 10.1 Å². The largest absolute Gasteiger partial charge is 0.368 e. The van der Waals surface area contributed by atoms with Crippen LogP contribution >= 0.6 is 0 Å². The first kappa shape index (κ1) is 14.4. The number of anilines is 1. The summed E-state index contributed by atoms with van der Waals surface area (Å²) in [5.41, 5.74) is 5.59. The highest BCUT2D eigenvalue weighted by Crippen LogP contribution is 2.30. The van der Waals surface area contributed by atoms with Crippen molar-refractivity contribution in [3.05, 3.63) is 34.1 Å². The van der Waals surface area contributed by atoms with Crippen molar-refractivity contribution in [1.29, 1.82) is 0 Å². The van der Waals surface area contributed by atoms with Gasteiger partial charge >= 0.3 is 0 Å². The molecule has 0 bridgehead atoms. The zero-order chi connectivity index (χ0) is 13.9. The fraction of sp³-hybridized carbons (Fsp3) is 0.500. The van der Waals surface area contributed by atoms with Crippen molar-refractivity contribution in [3.63, 3.8) is 0 Å². The van der Waals surface area contributed by atoms with E-state index in [1.807, 2.05) is 13.8 Å². The third-order valence-corrected chi connectivity index (χ3v) is 2.76. The van der Waals surface area contributed by atoms with Crippen LogP contribution in [-0.2, 0) is 0 Å². The van der Waals surface area contributed by atoms with Crippen molar-refractivity contribution in [1.82, 2.24) is 0 Å². The second-order valence-electron chi connectivity index (χ2n) is 5.11. The molecule has 0 fully saturated rings. The van der Waals surface area contributed by atoms with E-state index in [9.17, 15) is 14.5 Å². The quantitative estimate of drug-likeness (QED) is 0.646. The molecule has 0 saturated heterocycles. The van der Waals surface area contributed by atoms with Crippen LogP contribution in [-0.4, -0.2) is 25.1 Å². The lowest BCUT2D eigenvalue weighted by Gasteiger charge is -2.30. The molecule has 5 nitrogen and oxygen atoms in total. The lowest BCUT2D eigenvalue weighted by atomic mass is 9.93. The first-order valence-corrected chi connectivity index (χ1v) is 5.62. The highest BCUT2D eigenvalue weighted by molar-refractivity contribution is 5.63. The Balaban J connectivity index is 3.07. The zero-order valence-electron chi connectivity index (χ0n) is 10.8. The van der Waals surface area contributed by atoms with Crippen molar-refractivity contribution >= 4 is 11.4 Å². The Labute approximate surface area is 106 Å². The Morgan fingerprint density at radius 3 is 2.61 bits per heavy atom. The molecule has 0 unspecified atom stereocenters. The Bertz CT molecular complexity index is 449. The van der Waals surface area contributed by atoms with Gasteiger partial charge in [-0.05, 0) is 18.0 Å². The fourth-order valence-corrected chi connectivity index (χ4v) is 1.75. The van der Waals surface area contributed by atoms with Gasteiger partial charge in [0, 0.05) is 25.7 Å². The van der Waals surface area contributed by atoms with Gasteiger partial charge in [0.15, 0.2) is 0 Å². The molecule has 0 atom stereocenters. The van der Waals surface area contributed by atoms with Crippen molar-refractivity contribution in [3.8, 4) is 0 Å². The summed E-state index contributed by atoms with van der Waals surface area (Å²) in [6, 6.07) is 3.44. The molecular weight excluding hydrogens is 237 g/mol. The second-order valence-corrected chi connectivity index (χ2v) is 5.11. The van der Waals surface area contributed by atoms with Gasteiger partial charge in [-0.2, -0.15) is 0 Å². The maximum Gasteiger partial charge on any atom is 0.292 e. The molecule has 0 spiro atoms. The van der Waals surface area contributed by atoms with Crippen LogP contribution in [0.3, 0.4) is 0 Å². The van der Waals surface area contributed by atoms with Gasteiger partial charge < -0.3 is 10.6 Å². The summed E-state index contributed by atoms with van der Waals surface area (Å²) in [6.07, 6.45) is 0. The van der Waals surface area contributed by atoms with E-state index in [2.05, 4.69) is 0 Å². The average Bonchev–Trinajstić information content (AvgIpc) is 2.28. The first-order chi connectivity index (χ1) is 8.26. The van der Waals surface area contributed by atoms with Crippen LogP contribution in [0.25, 0.3) is 0 Å². The van der Waals surface area contributed by atoms with E-state index in [4.69, 9.17) is 5.73 Å². The Hall–Kier alpha value is -1.69. The van der Waals surface area contributed by atoms with E-state index in [1.165, 1.54) is 12.1 Å². The number of hydrogen-bond acceptors (Lipinski definition) is 4. The Morgan fingerprint density at radius 2 is 2.11 bits per heavy atom. The highest BCUT2D eigenvalue weighted by atomic mass is 19.1. The molecule has 6 heteroatoms. The summed E-state index contributed by atoms with van der Waals surface area (Å²) in [5, 5.41) is 10.9. The maximum absolute atomic E-state index is 13.2. The van der Waals surface area contributed by atoms with E-state index in [0.29, 0.717) is 13.1 Å². The van der Waals surface area contributed by atoms with Crippen LogP contribution in [0.15, 0.2) is 18.2 Å². The molecule has 0 aliphatic rings. The summed E-state index contributed by atoms with van der Waals surface area (Å²) >= 11 is 0. The highest BCUT2D eigenvalue weighted by Gasteiger charge is 2.23. The lowest BCUT2D eigenvalue weighted by molar-refractivity contribution is -0.384. The van der Waals surface area contributed by atoms with Crippen LogP contribution in [0.2, 0.25) is 0 Å². The summed E-state index contributed by atoms with van der Waals surface area (Å²) in [5.74, 6) is -0.493. The van der Waals surface area contributed by atoms with E-state index < -0.39 is 10.7 Å². The van der Waals surface area contributed by atoms with Crippen molar-refractivity contribution in [2.45, 2.75) is 13.8 Å². The smallest absolute Gasteiger partial charge is 0.292 e. The number of hydrogen-bond donors (Lipinski definition) is 1. The fourth-order valence-electron chi connectivity index (χ4n) is 1.75. The maximum atomic E-state index is 13.2. The topological polar surface area (TPSA) is 72.4 Å². The van der Waals surface area contributed by atoms with Gasteiger partial charge in [-0.1, -0.05) is 13.8 Å². The predicted octanol–water partition coefficient (Wildman–Crippen LogP) is 2.16. The van der Waals surface area contributed by atoms with Crippen LogP contribution in [0, 0.1) is 21.3 Å². The van der Waals surface area contributed by atoms with E-state index >= 15 is 0 Å². The molecule has 0 amide bonds. The molecule has 0 aliphatic heterocycles. The molecule has 0 radical (unpaired) electrons. The third kappa shape index (κ3) is 3.40. The molecule has 0 aromatic heterocycles. The van der Waals surface area contributed by atoms with Crippen molar-refractivity contribution < 1.29 is 9.31 Å². The number of benzene rings is 1. The number of nitrogens with two attached hydrogens (primary N) is 1. The molecule has 1 aromatic rings. The Kier molecular flexibility index (Phi) is 4.24. The van der Waals surface area contributed by atoms with Gasteiger partial charge in [0.1, 0.15) is 11.5 Å². The van der Waals surface area contributed by atoms with Crippen LogP contribution in [0.4, 0.5) is 15.8 Å². The second kappa shape index (κ2) is 5.30. The average molecular weight is 255 g/mol. The van der Waals surface area contributed by atoms with Gasteiger partial charge in [0.2, 0.25) is 0 Å².